The number of esters is 2. The van der Waals surface area contributed by atoms with E-state index in [0.717, 1.165) is 0 Å². The fourth-order valence-corrected chi connectivity index (χ4v) is 2.21. The van der Waals surface area contributed by atoms with Crippen LogP contribution in [0.1, 0.15) is 20.1 Å². The van der Waals surface area contributed by atoms with Crippen LogP contribution >= 0.6 is 0 Å². The van der Waals surface area contributed by atoms with Crippen LogP contribution < -0.4 is 11.2 Å². The maximum absolute atomic E-state index is 11.8. The third-order valence-corrected chi connectivity index (χ3v) is 3.37. The highest BCUT2D eigenvalue weighted by Crippen LogP contribution is 2.25. The number of carbonyl (C=O) groups is 2. The molecule has 1 aliphatic rings. The van der Waals surface area contributed by atoms with Gasteiger partial charge in [-0.05, 0) is 6.08 Å². The van der Waals surface area contributed by atoms with Crippen molar-refractivity contribution < 1.29 is 23.8 Å². The van der Waals surface area contributed by atoms with Gasteiger partial charge in [-0.1, -0.05) is 6.08 Å². The van der Waals surface area contributed by atoms with Crippen LogP contribution in [0, 0.1) is 5.92 Å². The van der Waals surface area contributed by atoms with Crippen molar-refractivity contribution in [3.05, 3.63) is 45.3 Å². The molecule has 0 saturated carbocycles. The van der Waals surface area contributed by atoms with Gasteiger partial charge in [0.1, 0.15) is 19.3 Å². The van der Waals surface area contributed by atoms with Crippen molar-refractivity contribution in [1.82, 2.24) is 9.55 Å². The zero-order valence-electron chi connectivity index (χ0n) is 13.3. The van der Waals surface area contributed by atoms with Gasteiger partial charge < -0.3 is 14.2 Å². The third kappa shape index (κ3) is 4.66. The lowest BCUT2D eigenvalue weighted by Crippen LogP contribution is -2.40. The van der Waals surface area contributed by atoms with E-state index in [-0.39, 0.29) is 19.1 Å². The summed E-state index contributed by atoms with van der Waals surface area (Å²) in [4.78, 5) is 47.1. The minimum atomic E-state index is -0.775. The third-order valence-electron chi connectivity index (χ3n) is 3.37. The molecule has 0 aromatic carbocycles. The van der Waals surface area contributed by atoms with Crippen molar-refractivity contribution >= 4 is 11.9 Å². The number of rotatable bonds is 5. The molecule has 2 heterocycles. The van der Waals surface area contributed by atoms with Gasteiger partial charge in [0.15, 0.2) is 6.23 Å². The van der Waals surface area contributed by atoms with E-state index in [0.29, 0.717) is 0 Å². The first-order valence-electron chi connectivity index (χ1n) is 7.29. The normalized spacial score (nSPS) is 22.8. The summed E-state index contributed by atoms with van der Waals surface area (Å²) in [6.45, 7) is 2.56. The van der Waals surface area contributed by atoms with E-state index in [1.165, 1.54) is 30.7 Å². The number of H-pyrrole nitrogens is 1. The minimum Gasteiger partial charge on any atom is -0.465 e. The number of aromatic amines is 1. The Kier molecular flexibility index (Phi) is 5.69. The Morgan fingerprint density at radius 1 is 1.17 bits per heavy atom. The molecule has 0 bridgehead atoms. The number of hydrogen-bond acceptors (Lipinski definition) is 7. The van der Waals surface area contributed by atoms with Crippen LogP contribution in [0.5, 0.6) is 0 Å². The molecule has 0 radical (unpaired) electrons. The quantitative estimate of drug-likeness (QED) is 0.580. The second-order valence-electron chi connectivity index (χ2n) is 5.24. The Morgan fingerprint density at radius 3 is 2.46 bits per heavy atom. The molecule has 1 aliphatic heterocycles. The predicted octanol–water partition coefficient (Wildman–Crippen LogP) is -0.267. The molecule has 3 atom stereocenters. The molecule has 1 N–H and O–H groups in total. The van der Waals surface area contributed by atoms with Crippen LogP contribution in [-0.2, 0) is 23.8 Å². The molecule has 9 nitrogen and oxygen atoms in total. The molecule has 1 aromatic heterocycles. The highest BCUT2D eigenvalue weighted by molar-refractivity contribution is 5.66. The van der Waals surface area contributed by atoms with Crippen molar-refractivity contribution in [2.45, 2.75) is 26.2 Å². The molecular weight excluding hydrogens is 320 g/mol. The summed E-state index contributed by atoms with van der Waals surface area (Å²) in [6, 6.07) is 1.20. The molecule has 1 unspecified atom stereocenters. The zero-order valence-corrected chi connectivity index (χ0v) is 13.3. The minimum absolute atomic E-state index is 0.0553. The number of hydrogen-bond donors (Lipinski definition) is 1. The van der Waals surface area contributed by atoms with Crippen molar-refractivity contribution in [2.24, 2.45) is 5.92 Å². The Labute approximate surface area is 136 Å². The van der Waals surface area contributed by atoms with Crippen LogP contribution in [0.3, 0.4) is 0 Å². The number of carbonyl (C=O) groups excluding carboxylic acids is 2. The van der Waals surface area contributed by atoms with E-state index >= 15 is 0 Å². The van der Waals surface area contributed by atoms with Crippen molar-refractivity contribution in [2.75, 3.05) is 13.2 Å². The molecule has 0 saturated heterocycles. The van der Waals surface area contributed by atoms with Crippen LogP contribution in [0.25, 0.3) is 0 Å². The summed E-state index contributed by atoms with van der Waals surface area (Å²) in [5.41, 5.74) is -1.14. The standard InChI is InChI=1S/C15H18N2O7/c1-9(18)22-7-11-3-4-14(24-12(11)8-23-10(2)19)17-6-5-13(20)16-15(17)21/h3-6,11-12,14H,7-8H2,1-2H3,(H,16,20,21)/t11-,12?,14-/m1/s1. The largest absolute Gasteiger partial charge is 0.465 e. The monoisotopic (exact) mass is 338 g/mol. The van der Waals surface area contributed by atoms with Gasteiger partial charge in [0.05, 0.1) is 0 Å². The average molecular weight is 338 g/mol. The Hall–Kier alpha value is -2.68. The number of nitrogens with zero attached hydrogens (tertiary/aromatic N) is 1. The van der Waals surface area contributed by atoms with E-state index in [2.05, 4.69) is 4.98 Å². The second kappa shape index (κ2) is 7.73. The summed E-state index contributed by atoms with van der Waals surface area (Å²) in [7, 11) is 0. The molecular formula is C15H18N2O7. The van der Waals surface area contributed by atoms with Gasteiger partial charge in [-0.3, -0.25) is 23.9 Å². The maximum Gasteiger partial charge on any atom is 0.330 e. The predicted molar refractivity (Wildman–Crippen MR) is 81.1 cm³/mol. The lowest BCUT2D eigenvalue weighted by atomic mass is 10.0. The van der Waals surface area contributed by atoms with Gasteiger partial charge in [-0.15, -0.1) is 0 Å². The number of ether oxygens (including phenoxy) is 3. The van der Waals surface area contributed by atoms with Gasteiger partial charge in [-0.2, -0.15) is 0 Å². The zero-order chi connectivity index (χ0) is 17.7. The Morgan fingerprint density at radius 2 is 1.83 bits per heavy atom. The molecule has 1 aromatic rings. The summed E-state index contributed by atoms with van der Waals surface area (Å²) in [5.74, 6) is -1.24. The van der Waals surface area contributed by atoms with Crippen molar-refractivity contribution in [3.8, 4) is 0 Å². The Bertz CT molecular complexity index is 749. The smallest absolute Gasteiger partial charge is 0.330 e. The van der Waals surface area contributed by atoms with Gasteiger partial charge >= 0.3 is 17.6 Å². The first-order valence-corrected chi connectivity index (χ1v) is 7.29. The van der Waals surface area contributed by atoms with Gasteiger partial charge in [0, 0.05) is 32.0 Å². The summed E-state index contributed by atoms with van der Waals surface area (Å²) < 4.78 is 16.9. The van der Waals surface area contributed by atoms with Crippen LogP contribution in [0.4, 0.5) is 0 Å². The fraction of sp³-hybridized carbons (Fsp3) is 0.467. The number of aromatic nitrogens is 2. The topological polar surface area (TPSA) is 117 Å². The van der Waals surface area contributed by atoms with Crippen molar-refractivity contribution in [3.63, 3.8) is 0 Å². The van der Waals surface area contributed by atoms with Crippen molar-refractivity contribution in [1.29, 1.82) is 0 Å². The summed E-state index contributed by atoms with van der Waals surface area (Å²) in [6.07, 6.45) is 3.26. The molecule has 24 heavy (non-hydrogen) atoms. The molecule has 0 spiro atoms. The van der Waals surface area contributed by atoms with Crippen LogP contribution in [0.2, 0.25) is 0 Å². The highest BCUT2D eigenvalue weighted by Gasteiger charge is 2.30. The average Bonchev–Trinajstić information content (AvgIpc) is 2.51. The first kappa shape index (κ1) is 17.7. The van der Waals surface area contributed by atoms with E-state index in [1.54, 1.807) is 12.2 Å². The number of nitrogens with one attached hydrogen (secondary N) is 1. The SMILES string of the molecule is CC(=O)OCC1O[C@@H](n2ccc(=O)[nH]c2=O)C=C[C@@H]1COC(C)=O. The lowest BCUT2D eigenvalue weighted by molar-refractivity contribution is -0.156. The maximum atomic E-state index is 11.8. The van der Waals surface area contributed by atoms with Gasteiger partial charge in [-0.25, -0.2) is 4.79 Å². The fourth-order valence-electron chi connectivity index (χ4n) is 2.21. The van der Waals surface area contributed by atoms with Crippen LogP contribution in [-0.4, -0.2) is 40.8 Å². The molecule has 2 rings (SSSR count). The van der Waals surface area contributed by atoms with E-state index in [1.807, 2.05) is 0 Å². The van der Waals surface area contributed by atoms with E-state index in [4.69, 9.17) is 14.2 Å². The molecule has 130 valence electrons. The van der Waals surface area contributed by atoms with Gasteiger partial charge in [0.2, 0.25) is 0 Å². The highest BCUT2D eigenvalue weighted by atomic mass is 16.6. The molecule has 0 aliphatic carbocycles. The lowest BCUT2D eigenvalue weighted by Gasteiger charge is -2.32. The Balaban J connectivity index is 2.19. The molecule has 9 heteroatoms. The first-order chi connectivity index (χ1) is 11.4. The second-order valence-corrected chi connectivity index (χ2v) is 5.24. The van der Waals surface area contributed by atoms with Crippen LogP contribution in [0.15, 0.2) is 34.0 Å². The molecule has 0 amide bonds. The van der Waals surface area contributed by atoms with Gasteiger partial charge in [0.25, 0.3) is 5.56 Å². The van der Waals surface area contributed by atoms with E-state index in [9.17, 15) is 19.2 Å². The molecule has 0 fully saturated rings. The van der Waals surface area contributed by atoms with E-state index < -0.39 is 35.5 Å². The summed E-state index contributed by atoms with van der Waals surface area (Å²) in [5, 5.41) is 0. The summed E-state index contributed by atoms with van der Waals surface area (Å²) >= 11 is 0.